The highest BCUT2D eigenvalue weighted by molar-refractivity contribution is 5.76. The monoisotopic (exact) mass is 1200 g/mol. The zero-order valence-electron chi connectivity index (χ0n) is 54.8. The molecule has 0 aromatic rings. The molecule has 1 amide bonds. The van der Waals surface area contributed by atoms with Gasteiger partial charge in [-0.2, -0.15) is 0 Å². The zero-order valence-corrected chi connectivity index (χ0v) is 54.8. The lowest BCUT2D eigenvalue weighted by Gasteiger charge is -2.40. The van der Waals surface area contributed by atoms with Crippen molar-refractivity contribution in [2.75, 3.05) is 19.8 Å². The summed E-state index contributed by atoms with van der Waals surface area (Å²) in [6.45, 7) is 4.19. The summed E-state index contributed by atoms with van der Waals surface area (Å²) >= 11 is 0. The van der Waals surface area contributed by atoms with E-state index in [0.717, 1.165) is 77.0 Å². The van der Waals surface area contributed by atoms with Crippen LogP contribution in [0.5, 0.6) is 0 Å². The number of aliphatic hydroxyl groups excluding tert-OH is 5. The summed E-state index contributed by atoms with van der Waals surface area (Å²) in [7, 11) is 0. The van der Waals surface area contributed by atoms with Gasteiger partial charge in [0.15, 0.2) is 6.29 Å². The van der Waals surface area contributed by atoms with Crippen LogP contribution in [-0.4, -0.2) is 100 Å². The van der Waals surface area contributed by atoms with Crippen molar-refractivity contribution in [3.63, 3.8) is 0 Å². The van der Waals surface area contributed by atoms with Crippen LogP contribution in [0, 0.1) is 0 Å². The molecule has 0 bridgehead atoms. The van der Waals surface area contributed by atoms with Gasteiger partial charge in [0.25, 0.3) is 0 Å². The van der Waals surface area contributed by atoms with Crippen LogP contribution in [0.3, 0.4) is 0 Å². The number of esters is 1. The van der Waals surface area contributed by atoms with E-state index in [-0.39, 0.29) is 18.5 Å². The number of unbranched alkanes of at least 4 members (excludes halogenated alkanes) is 38. The normalized spacial score (nSPS) is 18.4. The quantitative estimate of drug-likeness (QED) is 0.0195. The molecule has 7 atom stereocenters. The molecule has 11 heteroatoms. The van der Waals surface area contributed by atoms with Gasteiger partial charge >= 0.3 is 5.97 Å². The van der Waals surface area contributed by atoms with Crippen LogP contribution in [0.1, 0.15) is 322 Å². The Labute approximate surface area is 521 Å². The van der Waals surface area contributed by atoms with Gasteiger partial charge in [0.05, 0.1) is 32.0 Å². The van der Waals surface area contributed by atoms with Crippen LogP contribution in [0.4, 0.5) is 0 Å². The van der Waals surface area contributed by atoms with Gasteiger partial charge in [0.2, 0.25) is 5.91 Å². The van der Waals surface area contributed by atoms with Gasteiger partial charge in [-0.3, -0.25) is 9.59 Å². The summed E-state index contributed by atoms with van der Waals surface area (Å²) in [6, 6.07) is -0.833. The molecular weight excluding hydrogens is 1060 g/mol. The largest absolute Gasteiger partial charge is 0.466 e. The Morgan fingerprint density at radius 3 is 1.29 bits per heavy atom. The molecule has 1 rings (SSSR count). The van der Waals surface area contributed by atoms with Crippen molar-refractivity contribution < 1.29 is 49.3 Å². The van der Waals surface area contributed by atoms with Crippen molar-refractivity contribution in [3.05, 3.63) is 72.9 Å². The van der Waals surface area contributed by atoms with E-state index >= 15 is 0 Å². The van der Waals surface area contributed by atoms with Gasteiger partial charge in [0, 0.05) is 12.8 Å². The highest BCUT2D eigenvalue weighted by atomic mass is 16.7. The first-order valence-electron chi connectivity index (χ1n) is 35.7. The molecule has 1 saturated heterocycles. The molecule has 0 radical (unpaired) electrons. The van der Waals surface area contributed by atoms with Crippen LogP contribution < -0.4 is 5.32 Å². The third kappa shape index (κ3) is 51.7. The number of carbonyl (C=O) groups excluding carboxylic acids is 2. The Morgan fingerprint density at radius 2 is 0.835 bits per heavy atom. The molecule has 1 aliphatic heterocycles. The fourth-order valence-electron chi connectivity index (χ4n) is 10.9. The number of aliphatic hydroxyl groups is 5. The molecule has 0 saturated carbocycles. The summed E-state index contributed by atoms with van der Waals surface area (Å²) in [6.07, 6.45) is 75.0. The molecule has 0 aliphatic carbocycles. The predicted molar refractivity (Wildman–Crippen MR) is 356 cm³/mol. The number of rotatable bonds is 62. The van der Waals surface area contributed by atoms with E-state index in [1.54, 1.807) is 6.08 Å². The van der Waals surface area contributed by atoms with Crippen LogP contribution >= 0.6 is 0 Å². The number of hydrogen-bond acceptors (Lipinski definition) is 10. The van der Waals surface area contributed by atoms with Gasteiger partial charge < -0.3 is 45.1 Å². The Kier molecular flexibility index (Phi) is 59.1. The maximum Gasteiger partial charge on any atom is 0.305 e. The average molecular weight is 1200 g/mol. The maximum atomic E-state index is 13.0. The number of amides is 1. The van der Waals surface area contributed by atoms with Crippen molar-refractivity contribution in [1.29, 1.82) is 0 Å². The lowest BCUT2D eigenvalue weighted by molar-refractivity contribution is -0.302. The molecular formula is C74H133NO10. The first-order valence-corrected chi connectivity index (χ1v) is 35.7. The number of nitrogens with one attached hydrogen (secondary N) is 1. The van der Waals surface area contributed by atoms with Gasteiger partial charge in [-0.25, -0.2) is 0 Å². The highest BCUT2D eigenvalue weighted by Gasteiger charge is 2.44. The molecule has 85 heavy (non-hydrogen) atoms. The molecule has 1 aliphatic rings. The van der Waals surface area contributed by atoms with Crippen molar-refractivity contribution >= 4 is 11.9 Å². The smallest absolute Gasteiger partial charge is 0.305 e. The van der Waals surface area contributed by atoms with E-state index in [1.165, 1.54) is 218 Å². The van der Waals surface area contributed by atoms with Gasteiger partial charge in [0.1, 0.15) is 24.4 Å². The fraction of sp³-hybridized carbons (Fsp3) is 0.811. The Morgan fingerprint density at radius 1 is 0.447 bits per heavy atom. The minimum absolute atomic E-state index is 0.000872. The Bertz CT molecular complexity index is 1640. The summed E-state index contributed by atoms with van der Waals surface area (Å²) in [5.41, 5.74) is 0. The standard InChI is InChI=1S/C74H133NO10/c1-3-5-7-9-11-13-15-42-46-50-54-58-62-70(79)83-63-59-55-51-47-43-40-38-36-34-32-30-28-26-24-22-20-18-16-17-19-21-23-25-27-29-31-33-35-37-39-41-45-49-53-57-61-69(78)75-66(65-84-74-73(82)72(81)71(80)68(64-76)85-74)67(77)60-56-52-48-44-14-12-10-8-6-4-2/h6,8,11,13-14,18,20,24,26,44,56,60,66-68,71-74,76-77,80-82H,3-5,7,9-10,12,15-17,19,21-23,25,27-43,45-55,57-59,61-65H2,1-2H3,(H,75,78)/b8-6+,13-11-,20-18-,26-24-,44-14+,60-56+. The van der Waals surface area contributed by atoms with E-state index in [2.05, 4.69) is 79.9 Å². The van der Waals surface area contributed by atoms with E-state index in [4.69, 9.17) is 14.2 Å². The number of ether oxygens (including phenoxy) is 3. The molecule has 0 aromatic carbocycles. The molecule has 1 heterocycles. The Hall–Kier alpha value is -2.90. The summed E-state index contributed by atoms with van der Waals surface area (Å²) in [5.74, 6) is -0.197. The second-order valence-corrected chi connectivity index (χ2v) is 24.5. The topological polar surface area (TPSA) is 175 Å². The number of allylic oxidation sites excluding steroid dienone is 11. The van der Waals surface area contributed by atoms with Crippen molar-refractivity contribution in [1.82, 2.24) is 5.32 Å². The molecule has 11 nitrogen and oxygen atoms in total. The molecule has 1 fully saturated rings. The van der Waals surface area contributed by atoms with Crippen molar-refractivity contribution in [3.8, 4) is 0 Å². The fourth-order valence-corrected chi connectivity index (χ4v) is 10.9. The highest BCUT2D eigenvalue weighted by Crippen LogP contribution is 2.23. The van der Waals surface area contributed by atoms with E-state index in [0.29, 0.717) is 19.4 Å². The minimum atomic E-state index is -1.58. The van der Waals surface area contributed by atoms with Gasteiger partial charge in [-0.05, 0) is 109 Å². The maximum absolute atomic E-state index is 13.0. The van der Waals surface area contributed by atoms with Crippen LogP contribution in [0.2, 0.25) is 0 Å². The van der Waals surface area contributed by atoms with Crippen LogP contribution in [-0.2, 0) is 23.8 Å². The number of hydrogen-bond donors (Lipinski definition) is 6. The SMILES string of the molecule is CC/C=C/CC/C=C/CC/C=C/C(O)C(COC1OC(CO)C(O)C(O)C1O)NC(=O)CCCCCCCCCCCCCCCCCCC/C=C\C/C=C\CCCCCCCCCCCCCOC(=O)CCCCCCC/C=C\CCCCC. The van der Waals surface area contributed by atoms with Crippen LogP contribution in [0.25, 0.3) is 0 Å². The van der Waals surface area contributed by atoms with Crippen molar-refractivity contribution in [2.45, 2.75) is 365 Å². The van der Waals surface area contributed by atoms with Gasteiger partial charge in [-0.1, -0.05) is 273 Å². The third-order valence-electron chi connectivity index (χ3n) is 16.5. The second-order valence-electron chi connectivity index (χ2n) is 24.5. The van der Waals surface area contributed by atoms with Gasteiger partial charge in [-0.15, -0.1) is 0 Å². The number of carbonyl (C=O) groups is 2. The predicted octanol–water partition coefficient (Wildman–Crippen LogP) is 18.3. The summed E-state index contributed by atoms with van der Waals surface area (Å²) in [4.78, 5) is 25.0. The Balaban J connectivity index is 1.93. The summed E-state index contributed by atoms with van der Waals surface area (Å²) in [5, 5.41) is 54.3. The lowest BCUT2D eigenvalue weighted by atomic mass is 9.99. The van der Waals surface area contributed by atoms with Crippen molar-refractivity contribution in [2.24, 2.45) is 0 Å². The second kappa shape index (κ2) is 62.7. The van der Waals surface area contributed by atoms with E-state index in [1.807, 2.05) is 6.08 Å². The molecule has 0 spiro atoms. The minimum Gasteiger partial charge on any atom is -0.466 e. The summed E-state index contributed by atoms with van der Waals surface area (Å²) < 4.78 is 16.7. The zero-order chi connectivity index (χ0) is 61.6. The average Bonchev–Trinajstić information content (AvgIpc) is 3.31. The van der Waals surface area contributed by atoms with E-state index in [9.17, 15) is 35.1 Å². The molecule has 494 valence electrons. The van der Waals surface area contributed by atoms with E-state index < -0.39 is 49.5 Å². The molecule has 0 aromatic heterocycles. The first kappa shape index (κ1) is 80.1. The first-order chi connectivity index (χ1) is 41.7. The third-order valence-corrected chi connectivity index (χ3v) is 16.5. The van der Waals surface area contributed by atoms with Crippen LogP contribution in [0.15, 0.2) is 72.9 Å². The molecule has 7 unspecified atom stereocenters. The lowest BCUT2D eigenvalue weighted by Crippen LogP contribution is -2.60. The molecule has 6 N–H and O–H groups in total.